The van der Waals surface area contributed by atoms with Crippen molar-refractivity contribution in [1.82, 2.24) is 34.2 Å². The van der Waals surface area contributed by atoms with Crippen LogP contribution in [0.2, 0.25) is 0 Å². The van der Waals surface area contributed by atoms with Crippen LogP contribution in [0.1, 0.15) is 18.5 Å². The number of fused-ring (bicyclic) bond motifs is 1. The number of piperidine rings is 1. The summed E-state index contributed by atoms with van der Waals surface area (Å²) >= 11 is 0. The molecule has 0 unspecified atom stereocenters. The lowest BCUT2D eigenvalue weighted by Gasteiger charge is -2.31. The lowest BCUT2D eigenvalue weighted by atomic mass is 9.92. The lowest BCUT2D eigenvalue weighted by molar-refractivity contribution is 0.265. The van der Waals surface area contributed by atoms with Gasteiger partial charge in [-0.25, -0.2) is 32.7 Å². The monoisotopic (exact) mass is 464 g/mol. The zero-order chi connectivity index (χ0) is 22.8. The van der Waals surface area contributed by atoms with Gasteiger partial charge in [0.15, 0.2) is 5.65 Å². The minimum absolute atomic E-state index is 0.153. The Kier molecular flexibility index (Phi) is 5.73. The molecule has 4 aromatic rings. The van der Waals surface area contributed by atoms with Gasteiger partial charge in [0, 0.05) is 49.1 Å². The van der Waals surface area contributed by atoms with Crippen LogP contribution in [-0.2, 0) is 16.4 Å². The summed E-state index contributed by atoms with van der Waals surface area (Å²) in [6, 6.07) is 5.55. The molecule has 1 aliphatic heterocycles. The number of H-pyrrole nitrogens is 1. The minimum Gasteiger partial charge on any atom is -0.345 e. The van der Waals surface area contributed by atoms with E-state index in [2.05, 4.69) is 25.3 Å². The number of hydrogen-bond donors (Lipinski definition) is 2. The van der Waals surface area contributed by atoms with Crippen molar-refractivity contribution in [3.63, 3.8) is 0 Å². The summed E-state index contributed by atoms with van der Waals surface area (Å²) in [6.45, 7) is 1.05. The standard InChI is InChI=1S/C22H24N8O2S/c1-33(31,32)30-10-2-3-15(14-30)11-19-17(20-13-25-21-18(28-20)6-9-24-21)12-26-22(29-19)27-16-4-7-23-8-5-16/h4-9,12-13,15H,2-3,10-11,14H2,1H3,(H,24,25)(H,23,26,27,29)/t15-/m1/s1. The van der Waals surface area contributed by atoms with Gasteiger partial charge in [-0.05, 0) is 43.4 Å². The third-order valence-electron chi connectivity index (χ3n) is 5.77. The molecule has 5 rings (SSSR count). The van der Waals surface area contributed by atoms with Gasteiger partial charge in [0.05, 0.1) is 23.8 Å². The number of aromatic amines is 1. The summed E-state index contributed by atoms with van der Waals surface area (Å²) < 4.78 is 25.7. The summed E-state index contributed by atoms with van der Waals surface area (Å²) in [5.74, 6) is 0.617. The number of nitrogens with zero attached hydrogens (tertiary/aromatic N) is 6. The Balaban J connectivity index is 1.49. The molecule has 33 heavy (non-hydrogen) atoms. The highest BCUT2D eigenvalue weighted by Gasteiger charge is 2.27. The van der Waals surface area contributed by atoms with Gasteiger partial charge < -0.3 is 10.3 Å². The smallest absolute Gasteiger partial charge is 0.227 e. The van der Waals surface area contributed by atoms with E-state index in [0.717, 1.165) is 35.3 Å². The van der Waals surface area contributed by atoms with E-state index >= 15 is 0 Å². The predicted molar refractivity (Wildman–Crippen MR) is 125 cm³/mol. The topological polar surface area (TPSA) is 130 Å². The van der Waals surface area contributed by atoms with Gasteiger partial charge in [-0.15, -0.1) is 0 Å². The molecule has 0 aromatic carbocycles. The molecule has 0 bridgehead atoms. The zero-order valence-corrected chi connectivity index (χ0v) is 19.0. The van der Waals surface area contributed by atoms with Gasteiger partial charge in [-0.2, -0.15) is 0 Å². The second kappa shape index (κ2) is 8.83. The van der Waals surface area contributed by atoms with Gasteiger partial charge in [0.25, 0.3) is 0 Å². The van der Waals surface area contributed by atoms with E-state index in [1.54, 1.807) is 35.3 Å². The van der Waals surface area contributed by atoms with Gasteiger partial charge in [-0.1, -0.05) is 0 Å². The van der Waals surface area contributed by atoms with Gasteiger partial charge >= 0.3 is 0 Å². The van der Waals surface area contributed by atoms with Crippen molar-refractivity contribution in [2.75, 3.05) is 24.7 Å². The molecule has 0 saturated carbocycles. The van der Waals surface area contributed by atoms with Crippen LogP contribution < -0.4 is 5.32 Å². The Morgan fingerprint density at radius 2 is 2.00 bits per heavy atom. The summed E-state index contributed by atoms with van der Waals surface area (Å²) in [6.07, 6.45) is 12.3. The lowest BCUT2D eigenvalue weighted by Crippen LogP contribution is -2.40. The summed E-state index contributed by atoms with van der Waals surface area (Å²) in [5.41, 5.74) is 4.60. The van der Waals surface area contributed by atoms with Crippen LogP contribution in [0.5, 0.6) is 0 Å². The molecule has 0 spiro atoms. The molecular weight excluding hydrogens is 440 g/mol. The minimum atomic E-state index is -3.22. The van der Waals surface area contributed by atoms with Crippen LogP contribution in [0.4, 0.5) is 11.6 Å². The second-order valence-corrected chi connectivity index (χ2v) is 10.2. The molecule has 4 aromatic heterocycles. The van der Waals surface area contributed by atoms with Crippen molar-refractivity contribution in [3.8, 4) is 11.3 Å². The van der Waals surface area contributed by atoms with Crippen LogP contribution in [0.3, 0.4) is 0 Å². The maximum absolute atomic E-state index is 12.1. The van der Waals surface area contributed by atoms with Crippen LogP contribution >= 0.6 is 0 Å². The van der Waals surface area contributed by atoms with Gasteiger partial charge in [0.1, 0.15) is 5.52 Å². The maximum Gasteiger partial charge on any atom is 0.227 e. The summed E-state index contributed by atoms with van der Waals surface area (Å²) in [4.78, 5) is 25.6. The molecule has 0 radical (unpaired) electrons. The van der Waals surface area contributed by atoms with Crippen molar-refractivity contribution in [1.29, 1.82) is 0 Å². The van der Waals surface area contributed by atoms with E-state index < -0.39 is 10.0 Å². The first-order valence-corrected chi connectivity index (χ1v) is 12.6. The molecule has 0 amide bonds. The number of rotatable bonds is 6. The number of sulfonamides is 1. The van der Waals surface area contributed by atoms with Gasteiger partial charge in [0.2, 0.25) is 16.0 Å². The highest BCUT2D eigenvalue weighted by atomic mass is 32.2. The average Bonchev–Trinajstić information content (AvgIpc) is 3.28. The highest BCUT2D eigenvalue weighted by molar-refractivity contribution is 7.88. The van der Waals surface area contributed by atoms with Crippen LogP contribution in [0, 0.1) is 5.92 Å². The Labute approximate surface area is 191 Å². The summed E-state index contributed by atoms with van der Waals surface area (Å²) in [7, 11) is -3.22. The van der Waals surface area contributed by atoms with E-state index in [9.17, 15) is 8.42 Å². The number of anilines is 2. The molecule has 11 heteroatoms. The molecule has 1 aliphatic rings. The molecule has 1 saturated heterocycles. The number of nitrogens with one attached hydrogen (secondary N) is 2. The van der Waals surface area contributed by atoms with E-state index in [4.69, 9.17) is 9.97 Å². The van der Waals surface area contributed by atoms with Crippen molar-refractivity contribution in [2.24, 2.45) is 5.92 Å². The summed E-state index contributed by atoms with van der Waals surface area (Å²) in [5, 5.41) is 3.21. The number of aromatic nitrogens is 6. The average molecular weight is 465 g/mol. The maximum atomic E-state index is 12.1. The Morgan fingerprint density at radius 3 is 2.82 bits per heavy atom. The third kappa shape index (κ3) is 4.83. The molecule has 1 atom stereocenters. The predicted octanol–water partition coefficient (Wildman–Crippen LogP) is 2.77. The number of pyridine rings is 1. The molecule has 1 fully saturated rings. The zero-order valence-electron chi connectivity index (χ0n) is 18.1. The van der Waals surface area contributed by atoms with Crippen LogP contribution in [0.25, 0.3) is 22.4 Å². The van der Waals surface area contributed by atoms with Crippen LogP contribution in [0.15, 0.2) is 49.2 Å². The van der Waals surface area contributed by atoms with Crippen molar-refractivity contribution in [3.05, 3.63) is 54.9 Å². The van der Waals surface area contributed by atoms with E-state index in [-0.39, 0.29) is 5.92 Å². The first-order chi connectivity index (χ1) is 16.0. The highest BCUT2D eigenvalue weighted by Crippen LogP contribution is 2.28. The van der Waals surface area contributed by atoms with Gasteiger partial charge in [-0.3, -0.25) is 4.98 Å². The normalized spacial score (nSPS) is 17.3. The molecule has 2 N–H and O–H groups in total. The number of hydrogen-bond acceptors (Lipinski definition) is 8. The SMILES string of the molecule is CS(=O)(=O)N1CCC[C@H](Cc2nc(Nc3ccncc3)ncc2-c2cnc3[nH]ccc3n2)C1. The largest absolute Gasteiger partial charge is 0.345 e. The molecule has 10 nitrogen and oxygen atoms in total. The molecular formula is C22H24N8O2S. The fraction of sp³-hybridized carbons (Fsp3) is 0.318. The van der Waals surface area contributed by atoms with E-state index in [1.165, 1.54) is 6.26 Å². The quantitative estimate of drug-likeness (QED) is 0.446. The van der Waals surface area contributed by atoms with E-state index in [0.29, 0.717) is 36.8 Å². The van der Waals surface area contributed by atoms with Crippen molar-refractivity contribution >= 4 is 32.8 Å². The first kappa shape index (κ1) is 21.4. The van der Waals surface area contributed by atoms with Crippen LogP contribution in [-0.4, -0.2) is 62.0 Å². The fourth-order valence-corrected chi connectivity index (χ4v) is 5.08. The van der Waals surface area contributed by atoms with Crippen molar-refractivity contribution in [2.45, 2.75) is 19.3 Å². The second-order valence-electron chi connectivity index (χ2n) is 8.22. The molecule has 170 valence electrons. The Hall–Kier alpha value is -3.44. The molecule has 0 aliphatic carbocycles. The molecule has 5 heterocycles. The fourth-order valence-electron chi connectivity index (χ4n) is 4.14. The van der Waals surface area contributed by atoms with E-state index in [1.807, 2.05) is 18.2 Å². The Morgan fingerprint density at radius 1 is 1.15 bits per heavy atom. The Bertz CT molecular complexity index is 1370. The van der Waals surface area contributed by atoms with Crippen molar-refractivity contribution < 1.29 is 8.42 Å². The third-order valence-corrected chi connectivity index (χ3v) is 7.04. The first-order valence-electron chi connectivity index (χ1n) is 10.7.